The van der Waals surface area contributed by atoms with Gasteiger partial charge in [-0.2, -0.15) is 0 Å². The molecule has 0 bridgehead atoms. The number of rotatable bonds is 4. The van der Waals surface area contributed by atoms with Crippen LogP contribution in [-0.2, 0) is 20.0 Å². The molecule has 1 atom stereocenters. The predicted molar refractivity (Wildman–Crippen MR) is 113 cm³/mol. The van der Waals surface area contributed by atoms with Crippen LogP contribution in [-0.4, -0.2) is 64.9 Å². The molecule has 0 aliphatic carbocycles. The number of aliphatic imine (C=N–C) groups is 1. The molecule has 0 aromatic heterocycles. The first kappa shape index (κ1) is 21.1. The molecular weight excluding hydrogens is 374 g/mol. The van der Waals surface area contributed by atoms with Gasteiger partial charge in [0.1, 0.15) is 0 Å². The molecule has 0 saturated carbocycles. The largest absolute Gasteiger partial charge is 0.381 e. The highest BCUT2D eigenvalue weighted by Crippen LogP contribution is 2.38. The van der Waals surface area contributed by atoms with Gasteiger partial charge in [-0.15, -0.1) is 0 Å². The van der Waals surface area contributed by atoms with Crippen LogP contribution in [0.1, 0.15) is 39.2 Å². The minimum Gasteiger partial charge on any atom is -0.381 e. The van der Waals surface area contributed by atoms with Crippen LogP contribution < -0.4 is 5.32 Å². The Hall–Kier alpha value is -1.60. The molecule has 2 aliphatic heterocycles. The summed E-state index contributed by atoms with van der Waals surface area (Å²) in [5.74, 6) is 0.824. The first-order chi connectivity index (χ1) is 13.2. The summed E-state index contributed by atoms with van der Waals surface area (Å²) in [6, 6.07) is 7.25. The van der Waals surface area contributed by atoms with Crippen LogP contribution in [0.2, 0.25) is 0 Å². The first-order valence-corrected chi connectivity index (χ1v) is 11.7. The number of guanidine groups is 1. The maximum Gasteiger partial charge on any atom is 0.193 e. The lowest BCUT2D eigenvalue weighted by Crippen LogP contribution is -2.43. The van der Waals surface area contributed by atoms with E-state index in [9.17, 15) is 8.42 Å². The molecule has 1 aromatic carbocycles. The molecule has 2 saturated heterocycles. The lowest BCUT2D eigenvalue weighted by atomic mass is 9.87. The van der Waals surface area contributed by atoms with Crippen LogP contribution in [0.25, 0.3) is 0 Å². The molecule has 6 nitrogen and oxygen atoms in total. The van der Waals surface area contributed by atoms with E-state index in [2.05, 4.69) is 36.0 Å². The van der Waals surface area contributed by atoms with Crippen molar-refractivity contribution in [1.82, 2.24) is 10.2 Å². The molecule has 0 amide bonds. The van der Waals surface area contributed by atoms with Crippen molar-refractivity contribution in [2.45, 2.75) is 43.9 Å². The molecule has 156 valence electrons. The Bertz CT molecular complexity index is 804. The second-order valence-electron chi connectivity index (χ2n) is 9.04. The van der Waals surface area contributed by atoms with E-state index in [1.807, 2.05) is 12.1 Å². The maximum atomic E-state index is 12.7. The highest BCUT2D eigenvalue weighted by molar-refractivity contribution is 7.91. The van der Waals surface area contributed by atoms with Crippen molar-refractivity contribution in [3.8, 4) is 0 Å². The number of nitrogens with zero attached hydrogens (tertiary/aromatic N) is 2. The topological polar surface area (TPSA) is 71.0 Å². The van der Waals surface area contributed by atoms with Crippen LogP contribution in [0.15, 0.2) is 34.2 Å². The van der Waals surface area contributed by atoms with Gasteiger partial charge in [-0.1, -0.05) is 32.9 Å². The summed E-state index contributed by atoms with van der Waals surface area (Å²) in [5.41, 5.74) is 1.38. The smallest absolute Gasteiger partial charge is 0.193 e. The summed E-state index contributed by atoms with van der Waals surface area (Å²) in [7, 11) is -1.58. The Morgan fingerprint density at radius 1 is 1.25 bits per heavy atom. The van der Waals surface area contributed by atoms with Gasteiger partial charge in [-0.05, 0) is 36.0 Å². The fourth-order valence-electron chi connectivity index (χ4n) is 4.00. The summed E-state index contributed by atoms with van der Waals surface area (Å²) in [4.78, 5) is 6.95. The standard InChI is InChI=1S/C21H33N3O3S/c1-20(2,3)17-5-7-18(8-6-17)28(25,26)14-11-23-19(22-4)24-12-9-21(15-24)10-13-27-16-21/h5-8H,9-16H2,1-4H3,(H,22,23). The second kappa shape index (κ2) is 8.03. The summed E-state index contributed by atoms with van der Waals surface area (Å²) in [6.07, 6.45) is 2.20. The van der Waals surface area contributed by atoms with Gasteiger partial charge >= 0.3 is 0 Å². The van der Waals surface area contributed by atoms with Gasteiger partial charge in [0.15, 0.2) is 15.8 Å². The fraction of sp³-hybridized carbons (Fsp3) is 0.667. The number of ether oxygens (including phenoxy) is 1. The maximum absolute atomic E-state index is 12.7. The molecular formula is C21H33N3O3S. The third-order valence-electron chi connectivity index (χ3n) is 5.87. The van der Waals surface area contributed by atoms with Crippen molar-refractivity contribution in [1.29, 1.82) is 0 Å². The van der Waals surface area contributed by atoms with E-state index in [1.54, 1.807) is 19.2 Å². The molecule has 7 heteroatoms. The lowest BCUT2D eigenvalue weighted by molar-refractivity contribution is 0.156. The Labute approximate surface area is 169 Å². The van der Waals surface area contributed by atoms with Crippen LogP contribution in [0.5, 0.6) is 0 Å². The molecule has 1 aromatic rings. The minimum absolute atomic E-state index is 0.00773. The average Bonchev–Trinajstić information content (AvgIpc) is 3.28. The van der Waals surface area contributed by atoms with Gasteiger partial charge < -0.3 is 15.0 Å². The van der Waals surface area contributed by atoms with E-state index in [4.69, 9.17) is 4.74 Å². The number of hydrogen-bond acceptors (Lipinski definition) is 4. The Balaban J connectivity index is 1.55. The number of likely N-dealkylation sites (tertiary alicyclic amines) is 1. The van der Waals surface area contributed by atoms with Gasteiger partial charge in [0.05, 0.1) is 17.3 Å². The number of sulfone groups is 1. The van der Waals surface area contributed by atoms with E-state index < -0.39 is 9.84 Å². The predicted octanol–water partition coefficient (Wildman–Crippen LogP) is 2.45. The molecule has 2 fully saturated rings. The molecule has 2 aliphatic rings. The van der Waals surface area contributed by atoms with Gasteiger partial charge in [-0.25, -0.2) is 8.42 Å². The quantitative estimate of drug-likeness (QED) is 0.613. The summed E-state index contributed by atoms with van der Waals surface area (Å²) < 4.78 is 30.9. The third-order valence-corrected chi connectivity index (χ3v) is 7.60. The summed E-state index contributed by atoms with van der Waals surface area (Å²) >= 11 is 0. The molecule has 1 unspecified atom stereocenters. The molecule has 0 radical (unpaired) electrons. The first-order valence-electron chi connectivity index (χ1n) is 10.0. The zero-order valence-corrected chi connectivity index (χ0v) is 18.3. The van der Waals surface area contributed by atoms with Crippen molar-refractivity contribution in [2.24, 2.45) is 10.4 Å². The van der Waals surface area contributed by atoms with Crippen molar-refractivity contribution in [3.63, 3.8) is 0 Å². The van der Waals surface area contributed by atoms with Crippen molar-refractivity contribution in [2.75, 3.05) is 45.6 Å². The van der Waals surface area contributed by atoms with Crippen LogP contribution in [0.4, 0.5) is 0 Å². The normalized spacial score (nSPS) is 23.6. The monoisotopic (exact) mass is 407 g/mol. The molecule has 2 heterocycles. The summed E-state index contributed by atoms with van der Waals surface area (Å²) in [5, 5.41) is 3.24. The van der Waals surface area contributed by atoms with Crippen molar-refractivity contribution < 1.29 is 13.2 Å². The van der Waals surface area contributed by atoms with E-state index >= 15 is 0 Å². The Kier molecular flexibility index (Phi) is 6.05. The highest BCUT2D eigenvalue weighted by Gasteiger charge is 2.42. The molecule has 1 N–H and O–H groups in total. The molecule has 3 rings (SSSR count). The fourth-order valence-corrected chi connectivity index (χ4v) is 5.15. The van der Waals surface area contributed by atoms with E-state index in [0.717, 1.165) is 50.7 Å². The van der Waals surface area contributed by atoms with Gasteiger partial charge in [0.2, 0.25) is 0 Å². The third kappa shape index (κ3) is 4.69. The van der Waals surface area contributed by atoms with Gasteiger partial charge in [-0.3, -0.25) is 4.99 Å². The van der Waals surface area contributed by atoms with E-state index in [0.29, 0.717) is 11.4 Å². The Morgan fingerprint density at radius 3 is 2.54 bits per heavy atom. The van der Waals surface area contributed by atoms with Crippen LogP contribution >= 0.6 is 0 Å². The highest BCUT2D eigenvalue weighted by atomic mass is 32.2. The zero-order valence-electron chi connectivity index (χ0n) is 17.5. The Morgan fingerprint density at radius 2 is 1.96 bits per heavy atom. The van der Waals surface area contributed by atoms with Crippen LogP contribution in [0, 0.1) is 5.41 Å². The minimum atomic E-state index is -3.33. The average molecular weight is 408 g/mol. The second-order valence-corrected chi connectivity index (χ2v) is 11.2. The lowest BCUT2D eigenvalue weighted by Gasteiger charge is -2.25. The number of benzene rings is 1. The number of hydrogen-bond donors (Lipinski definition) is 1. The molecule has 28 heavy (non-hydrogen) atoms. The van der Waals surface area contributed by atoms with Gasteiger partial charge in [0.25, 0.3) is 0 Å². The van der Waals surface area contributed by atoms with E-state index in [1.165, 1.54) is 0 Å². The molecule has 1 spiro atoms. The summed E-state index contributed by atoms with van der Waals surface area (Å²) in [6.45, 7) is 10.2. The van der Waals surface area contributed by atoms with Crippen LogP contribution in [0.3, 0.4) is 0 Å². The van der Waals surface area contributed by atoms with E-state index in [-0.39, 0.29) is 16.6 Å². The van der Waals surface area contributed by atoms with Gasteiger partial charge in [0, 0.05) is 38.7 Å². The van der Waals surface area contributed by atoms with Crippen molar-refractivity contribution in [3.05, 3.63) is 29.8 Å². The number of nitrogens with one attached hydrogen (secondary N) is 1. The van der Waals surface area contributed by atoms with Crippen molar-refractivity contribution >= 4 is 15.8 Å². The SMILES string of the molecule is CN=C(NCCS(=O)(=O)c1ccc(C(C)(C)C)cc1)N1CCC2(CCOC2)C1. The zero-order chi connectivity index (χ0) is 20.4.